The molecule has 3 aromatic heterocycles. The minimum atomic E-state index is 0.919. The monoisotopic (exact) mass is 559 g/mol. The Kier molecular flexibility index (Phi) is 4.75. The lowest BCUT2D eigenvalue weighted by Crippen LogP contribution is -1.83. The van der Waals surface area contributed by atoms with E-state index in [0.29, 0.717) is 0 Å². The van der Waals surface area contributed by atoms with Gasteiger partial charge in [-0.05, 0) is 46.5 Å². The van der Waals surface area contributed by atoms with Crippen LogP contribution >= 0.6 is 0 Å². The van der Waals surface area contributed by atoms with Gasteiger partial charge in [0.05, 0.1) is 16.6 Å². The Morgan fingerprint density at radius 2 is 0.977 bits per heavy atom. The van der Waals surface area contributed by atoms with Gasteiger partial charge in [-0.1, -0.05) is 127 Å². The molecule has 0 atom stereocenters. The van der Waals surface area contributed by atoms with Gasteiger partial charge in [-0.25, -0.2) is 0 Å². The largest absolute Gasteiger partial charge is 0.455 e. The first kappa shape index (κ1) is 23.7. The van der Waals surface area contributed by atoms with Crippen LogP contribution in [-0.4, -0.2) is 4.40 Å². The van der Waals surface area contributed by atoms with Gasteiger partial charge in [0.25, 0.3) is 0 Å². The summed E-state index contributed by atoms with van der Waals surface area (Å²) in [6.07, 6.45) is 0. The van der Waals surface area contributed by atoms with Gasteiger partial charge >= 0.3 is 0 Å². The Balaban J connectivity index is 1.27. The van der Waals surface area contributed by atoms with Crippen LogP contribution in [0.2, 0.25) is 0 Å². The molecule has 2 heteroatoms. The Hall–Kier alpha value is -5.86. The fourth-order valence-electron chi connectivity index (χ4n) is 7.35. The average Bonchev–Trinajstić information content (AvgIpc) is 3.75. The number of rotatable bonds is 3. The van der Waals surface area contributed by atoms with E-state index in [1.165, 1.54) is 49.2 Å². The molecule has 2 nitrogen and oxygen atoms in total. The van der Waals surface area contributed by atoms with Gasteiger partial charge in [-0.15, -0.1) is 0 Å². The summed E-state index contributed by atoms with van der Waals surface area (Å²) in [5, 5.41) is 7.43. The van der Waals surface area contributed by atoms with Crippen molar-refractivity contribution in [3.63, 3.8) is 0 Å². The van der Waals surface area contributed by atoms with Gasteiger partial charge < -0.3 is 8.82 Å². The second kappa shape index (κ2) is 8.82. The van der Waals surface area contributed by atoms with E-state index in [9.17, 15) is 0 Å². The first-order valence-corrected chi connectivity index (χ1v) is 15.1. The lowest BCUT2D eigenvalue weighted by Gasteiger charge is -2.08. The molecule has 0 radical (unpaired) electrons. The van der Waals surface area contributed by atoms with E-state index >= 15 is 0 Å². The number of fused-ring (bicyclic) bond motifs is 9. The first-order valence-electron chi connectivity index (χ1n) is 15.1. The second-order valence-corrected chi connectivity index (χ2v) is 11.7. The van der Waals surface area contributed by atoms with Crippen molar-refractivity contribution in [2.75, 3.05) is 0 Å². The Bertz CT molecular complexity index is 2690. The second-order valence-electron chi connectivity index (χ2n) is 11.7. The van der Waals surface area contributed by atoms with Gasteiger partial charge in [0.2, 0.25) is 0 Å². The summed E-state index contributed by atoms with van der Waals surface area (Å²) in [5.74, 6) is 0. The van der Waals surface area contributed by atoms with Crippen LogP contribution in [-0.2, 0) is 0 Å². The van der Waals surface area contributed by atoms with E-state index in [1.807, 2.05) is 0 Å². The summed E-state index contributed by atoms with van der Waals surface area (Å²) in [6, 6.07) is 54.6. The molecule has 0 saturated heterocycles. The summed E-state index contributed by atoms with van der Waals surface area (Å²) in [6.45, 7) is 0. The molecule has 0 spiro atoms. The molecule has 0 fully saturated rings. The molecule has 3 heterocycles. The molecule has 0 N–H and O–H groups in total. The minimum absolute atomic E-state index is 0.919. The molecule has 0 bridgehead atoms. The van der Waals surface area contributed by atoms with Crippen molar-refractivity contribution in [2.45, 2.75) is 0 Å². The molecule has 0 aliphatic rings. The van der Waals surface area contributed by atoms with Crippen LogP contribution < -0.4 is 0 Å². The Morgan fingerprint density at radius 3 is 1.80 bits per heavy atom. The van der Waals surface area contributed by atoms with Crippen molar-refractivity contribution in [2.24, 2.45) is 0 Å². The maximum Gasteiger partial charge on any atom is 0.143 e. The zero-order valence-electron chi connectivity index (χ0n) is 23.8. The van der Waals surface area contributed by atoms with Crippen molar-refractivity contribution >= 4 is 60.0 Å². The van der Waals surface area contributed by atoms with Crippen LogP contribution in [0.4, 0.5) is 0 Å². The standard InChI is InChI=1S/C42H25NO/c1-3-11-26(12-4-1)29-23-36(27-13-5-2-6-14-27)42-37(24-29)35-19-9-16-30(41(35)44-42)28-21-22-32-34-18-10-17-33-31-15-7-8-20-38(31)43(40(33)34)39(32)25-28/h1-25H. The van der Waals surface area contributed by atoms with Crippen LogP contribution in [0, 0.1) is 0 Å². The minimum Gasteiger partial charge on any atom is -0.455 e. The molecular formula is C42H25NO. The fraction of sp³-hybridized carbons (Fsp3) is 0. The summed E-state index contributed by atoms with van der Waals surface area (Å²) < 4.78 is 9.34. The molecule has 204 valence electrons. The van der Waals surface area contributed by atoms with Crippen LogP contribution in [0.5, 0.6) is 0 Å². The molecule has 44 heavy (non-hydrogen) atoms. The third-order valence-electron chi connectivity index (χ3n) is 9.32. The molecule has 0 saturated carbocycles. The number of hydrogen-bond acceptors (Lipinski definition) is 1. The van der Waals surface area contributed by atoms with E-state index in [0.717, 1.165) is 44.2 Å². The van der Waals surface area contributed by atoms with Crippen molar-refractivity contribution in [3.8, 4) is 33.4 Å². The van der Waals surface area contributed by atoms with Gasteiger partial charge in [0.15, 0.2) is 0 Å². The number of furan rings is 1. The van der Waals surface area contributed by atoms with Gasteiger partial charge in [-0.2, -0.15) is 0 Å². The number of aromatic nitrogens is 1. The number of nitrogens with zero attached hydrogens (tertiary/aromatic N) is 1. The number of hydrogen-bond donors (Lipinski definition) is 0. The summed E-state index contributed by atoms with van der Waals surface area (Å²) in [5.41, 5.74) is 12.5. The molecule has 0 aliphatic heterocycles. The zero-order valence-corrected chi connectivity index (χ0v) is 23.8. The normalized spacial score (nSPS) is 12.1. The highest BCUT2D eigenvalue weighted by atomic mass is 16.3. The van der Waals surface area contributed by atoms with E-state index in [2.05, 4.69) is 156 Å². The van der Waals surface area contributed by atoms with Crippen molar-refractivity contribution in [1.82, 2.24) is 4.40 Å². The third kappa shape index (κ3) is 3.20. The molecule has 10 aromatic rings. The van der Waals surface area contributed by atoms with E-state index in [-0.39, 0.29) is 0 Å². The highest BCUT2D eigenvalue weighted by molar-refractivity contribution is 6.23. The van der Waals surface area contributed by atoms with Gasteiger partial charge in [0.1, 0.15) is 11.2 Å². The Labute approximate surface area is 253 Å². The molecule has 7 aromatic carbocycles. The van der Waals surface area contributed by atoms with Crippen molar-refractivity contribution in [3.05, 3.63) is 152 Å². The van der Waals surface area contributed by atoms with Crippen LogP contribution in [0.3, 0.4) is 0 Å². The van der Waals surface area contributed by atoms with Crippen molar-refractivity contribution < 1.29 is 4.42 Å². The topological polar surface area (TPSA) is 17.6 Å². The fourth-order valence-corrected chi connectivity index (χ4v) is 7.35. The zero-order chi connectivity index (χ0) is 28.8. The average molecular weight is 560 g/mol. The predicted molar refractivity (Wildman–Crippen MR) is 185 cm³/mol. The SMILES string of the molecule is c1ccc(-c2cc(-c3ccccc3)c3oc4c(-c5ccc6c7cccc8c9ccccc9n(c6c5)c87)cccc4c3c2)cc1. The molecule has 0 aliphatic carbocycles. The first-order chi connectivity index (χ1) is 21.8. The van der Waals surface area contributed by atoms with Crippen LogP contribution in [0.15, 0.2) is 156 Å². The number of para-hydroxylation sites is 3. The summed E-state index contributed by atoms with van der Waals surface area (Å²) >= 11 is 0. The lowest BCUT2D eigenvalue weighted by atomic mass is 9.95. The maximum atomic E-state index is 6.90. The van der Waals surface area contributed by atoms with Gasteiger partial charge in [0, 0.05) is 43.4 Å². The summed E-state index contributed by atoms with van der Waals surface area (Å²) in [4.78, 5) is 0. The number of benzene rings is 7. The highest BCUT2D eigenvalue weighted by Gasteiger charge is 2.20. The molecule has 10 rings (SSSR count). The lowest BCUT2D eigenvalue weighted by molar-refractivity contribution is 0.671. The molecular weight excluding hydrogens is 534 g/mol. The third-order valence-corrected chi connectivity index (χ3v) is 9.32. The molecule has 0 amide bonds. The maximum absolute atomic E-state index is 6.90. The smallest absolute Gasteiger partial charge is 0.143 e. The van der Waals surface area contributed by atoms with E-state index in [1.54, 1.807) is 0 Å². The molecule has 0 unspecified atom stereocenters. The van der Waals surface area contributed by atoms with E-state index in [4.69, 9.17) is 4.42 Å². The summed E-state index contributed by atoms with van der Waals surface area (Å²) in [7, 11) is 0. The van der Waals surface area contributed by atoms with Crippen LogP contribution in [0.1, 0.15) is 0 Å². The van der Waals surface area contributed by atoms with Gasteiger partial charge in [-0.3, -0.25) is 0 Å². The van der Waals surface area contributed by atoms with Crippen molar-refractivity contribution in [1.29, 1.82) is 0 Å². The van der Waals surface area contributed by atoms with E-state index < -0.39 is 0 Å². The Morgan fingerprint density at radius 1 is 0.341 bits per heavy atom. The van der Waals surface area contributed by atoms with Crippen LogP contribution in [0.25, 0.3) is 93.4 Å². The predicted octanol–water partition coefficient (Wildman–Crippen LogP) is 11.7. The quantitative estimate of drug-likeness (QED) is 0.210. The highest BCUT2D eigenvalue weighted by Crippen LogP contribution is 2.44.